The molecule has 1 amide bonds. The van der Waals surface area contributed by atoms with Crippen LogP contribution in [0.1, 0.15) is 42.7 Å². The van der Waals surface area contributed by atoms with Crippen LogP contribution in [0.3, 0.4) is 0 Å². The number of aliphatic carboxylic acids is 1. The highest BCUT2D eigenvalue weighted by Crippen LogP contribution is 2.44. The minimum atomic E-state index is -3.82. The van der Waals surface area contributed by atoms with Crippen LogP contribution in [0.2, 0.25) is 0 Å². The predicted octanol–water partition coefficient (Wildman–Crippen LogP) is 3.18. The van der Waals surface area contributed by atoms with Crippen molar-refractivity contribution in [3.05, 3.63) is 59.7 Å². The number of carbonyl (C=O) groups excluding carboxylic acids is 1. The van der Waals surface area contributed by atoms with Crippen molar-refractivity contribution in [2.45, 2.75) is 37.6 Å². The molecule has 1 saturated carbocycles. The molecule has 2 N–H and O–H groups in total. The van der Waals surface area contributed by atoms with Crippen LogP contribution in [-0.2, 0) is 19.6 Å². The van der Waals surface area contributed by atoms with Crippen LogP contribution in [0.15, 0.2) is 48.5 Å². The Hall–Kier alpha value is -2.91. The highest BCUT2D eigenvalue weighted by Gasteiger charge is 2.33. The molecule has 33 heavy (non-hydrogen) atoms. The van der Waals surface area contributed by atoms with E-state index < -0.39 is 28.6 Å². The van der Waals surface area contributed by atoms with Crippen molar-refractivity contribution >= 4 is 22.1 Å². The maximum atomic E-state index is 12.7. The number of nitrogens with zero attached hydrogens (tertiary/aromatic N) is 1. The first-order valence-electron chi connectivity index (χ1n) is 11.2. The average molecular weight is 473 g/mol. The van der Waals surface area contributed by atoms with Crippen molar-refractivity contribution in [2.75, 3.05) is 25.4 Å². The van der Waals surface area contributed by atoms with E-state index in [9.17, 15) is 18.0 Å². The number of ether oxygens (including phenoxy) is 1. The molecule has 2 aliphatic carbocycles. The van der Waals surface area contributed by atoms with E-state index >= 15 is 0 Å². The Balaban J connectivity index is 1.32. The molecule has 8 nitrogen and oxygen atoms in total. The fourth-order valence-electron chi connectivity index (χ4n) is 4.83. The molecule has 2 aromatic carbocycles. The summed E-state index contributed by atoms with van der Waals surface area (Å²) < 4.78 is 32.0. The van der Waals surface area contributed by atoms with Gasteiger partial charge in [0, 0.05) is 18.5 Å². The van der Waals surface area contributed by atoms with E-state index in [2.05, 4.69) is 5.32 Å². The van der Waals surface area contributed by atoms with E-state index in [0.717, 1.165) is 39.4 Å². The Morgan fingerprint density at radius 1 is 1.00 bits per heavy atom. The number of carboxylic acids is 1. The molecule has 0 aromatic heterocycles. The molecule has 0 aliphatic heterocycles. The second kappa shape index (κ2) is 9.93. The van der Waals surface area contributed by atoms with Gasteiger partial charge in [0.1, 0.15) is 13.2 Å². The maximum absolute atomic E-state index is 12.7. The van der Waals surface area contributed by atoms with Gasteiger partial charge in [-0.3, -0.25) is 4.79 Å². The van der Waals surface area contributed by atoms with Crippen molar-refractivity contribution in [3.8, 4) is 11.1 Å². The lowest BCUT2D eigenvalue weighted by molar-refractivity contribution is -0.137. The van der Waals surface area contributed by atoms with E-state index in [-0.39, 0.29) is 30.9 Å². The molecule has 4 rings (SSSR count). The van der Waals surface area contributed by atoms with E-state index in [4.69, 9.17) is 9.84 Å². The molecule has 0 bridgehead atoms. The molecule has 2 aromatic rings. The molecule has 0 radical (unpaired) electrons. The number of sulfonamides is 1. The van der Waals surface area contributed by atoms with Gasteiger partial charge in [-0.2, -0.15) is 4.31 Å². The fraction of sp³-hybridized carbons (Fsp3) is 0.417. The smallest absolute Gasteiger partial charge is 0.407 e. The van der Waals surface area contributed by atoms with Gasteiger partial charge in [0.2, 0.25) is 10.0 Å². The molecule has 176 valence electrons. The van der Waals surface area contributed by atoms with Gasteiger partial charge in [0.15, 0.2) is 0 Å². The van der Waals surface area contributed by atoms with Gasteiger partial charge in [-0.15, -0.1) is 0 Å². The van der Waals surface area contributed by atoms with Gasteiger partial charge in [0.05, 0.1) is 5.75 Å². The van der Waals surface area contributed by atoms with Crippen molar-refractivity contribution < 1.29 is 27.9 Å². The summed E-state index contributed by atoms with van der Waals surface area (Å²) in [4.78, 5) is 23.5. The molecule has 0 spiro atoms. The first kappa shape index (κ1) is 23.3. The van der Waals surface area contributed by atoms with Crippen LogP contribution < -0.4 is 5.32 Å². The van der Waals surface area contributed by atoms with Crippen LogP contribution in [0.5, 0.6) is 0 Å². The van der Waals surface area contributed by atoms with Gasteiger partial charge in [-0.1, -0.05) is 61.4 Å². The Labute approximate surface area is 193 Å². The third kappa shape index (κ3) is 5.20. The zero-order valence-electron chi connectivity index (χ0n) is 18.3. The molecule has 0 saturated heterocycles. The highest BCUT2D eigenvalue weighted by molar-refractivity contribution is 7.89. The monoisotopic (exact) mass is 472 g/mol. The van der Waals surface area contributed by atoms with E-state index in [1.807, 2.05) is 48.5 Å². The lowest BCUT2D eigenvalue weighted by atomic mass is 9.98. The number of benzene rings is 2. The second-order valence-electron chi connectivity index (χ2n) is 8.45. The molecule has 2 aliphatic rings. The molecule has 0 atom stereocenters. The number of carbonyl (C=O) groups is 2. The van der Waals surface area contributed by atoms with Crippen LogP contribution in [0.4, 0.5) is 4.79 Å². The minimum absolute atomic E-state index is 0.0830. The standard InChI is InChI=1S/C24H28N2O6S/c27-23(28)15-26(17-7-1-2-8-17)33(30,31)14-13-25-24(29)32-16-22-20-11-5-3-9-18(20)19-10-4-6-12-21(19)22/h3-6,9-12,17,22H,1-2,7-8,13-16H2,(H,25,29)(H,27,28). The van der Waals surface area contributed by atoms with E-state index in [1.165, 1.54) is 0 Å². The highest BCUT2D eigenvalue weighted by atomic mass is 32.2. The zero-order valence-corrected chi connectivity index (χ0v) is 19.1. The third-order valence-corrected chi connectivity index (χ3v) is 8.22. The fourth-order valence-corrected chi connectivity index (χ4v) is 6.40. The van der Waals surface area contributed by atoms with Gasteiger partial charge >= 0.3 is 12.1 Å². The molecule has 9 heteroatoms. The summed E-state index contributed by atoms with van der Waals surface area (Å²) in [5.41, 5.74) is 4.43. The van der Waals surface area contributed by atoms with Gasteiger partial charge in [0.25, 0.3) is 0 Å². The Morgan fingerprint density at radius 2 is 1.58 bits per heavy atom. The first-order chi connectivity index (χ1) is 15.9. The lowest BCUT2D eigenvalue weighted by Gasteiger charge is -2.26. The number of carboxylic acid groups (broad SMARTS) is 1. The van der Waals surface area contributed by atoms with Crippen LogP contribution in [0, 0.1) is 0 Å². The van der Waals surface area contributed by atoms with Crippen molar-refractivity contribution in [1.82, 2.24) is 9.62 Å². The Kier molecular flexibility index (Phi) is 6.99. The maximum Gasteiger partial charge on any atom is 0.407 e. The van der Waals surface area contributed by atoms with Crippen LogP contribution in [0.25, 0.3) is 11.1 Å². The van der Waals surface area contributed by atoms with Gasteiger partial charge in [-0.25, -0.2) is 13.2 Å². The topological polar surface area (TPSA) is 113 Å². The number of rotatable bonds is 9. The van der Waals surface area contributed by atoms with Crippen molar-refractivity contribution in [3.63, 3.8) is 0 Å². The zero-order chi connectivity index (χ0) is 23.4. The first-order valence-corrected chi connectivity index (χ1v) is 12.8. The van der Waals surface area contributed by atoms with E-state index in [1.54, 1.807) is 0 Å². The van der Waals surface area contributed by atoms with Crippen molar-refractivity contribution in [1.29, 1.82) is 0 Å². The van der Waals surface area contributed by atoms with Gasteiger partial charge in [-0.05, 0) is 35.1 Å². The summed E-state index contributed by atoms with van der Waals surface area (Å²) in [5.74, 6) is -1.64. The quantitative estimate of drug-likeness (QED) is 0.580. The lowest BCUT2D eigenvalue weighted by Crippen LogP contribution is -2.45. The summed E-state index contributed by atoms with van der Waals surface area (Å²) in [6.07, 6.45) is 2.39. The normalized spacial score (nSPS) is 15.9. The Bertz CT molecular complexity index is 1080. The number of fused-ring (bicyclic) bond motifs is 3. The Morgan fingerprint density at radius 3 is 2.15 bits per heavy atom. The van der Waals surface area contributed by atoms with Crippen molar-refractivity contribution in [2.24, 2.45) is 0 Å². The number of nitrogens with one attached hydrogen (secondary N) is 1. The minimum Gasteiger partial charge on any atom is -0.480 e. The number of hydrogen-bond acceptors (Lipinski definition) is 5. The predicted molar refractivity (Wildman–Crippen MR) is 123 cm³/mol. The molecular formula is C24H28N2O6S. The molecule has 0 unspecified atom stereocenters. The second-order valence-corrected chi connectivity index (χ2v) is 10.5. The number of alkyl carbamates (subject to hydrolysis) is 1. The molecular weight excluding hydrogens is 444 g/mol. The SMILES string of the molecule is O=C(O)CN(C1CCCC1)S(=O)(=O)CCNC(=O)OCC1c2ccccc2-c2ccccc21. The molecule has 1 fully saturated rings. The summed E-state index contributed by atoms with van der Waals surface area (Å²) in [6.45, 7) is -0.570. The summed E-state index contributed by atoms with van der Waals surface area (Å²) in [6, 6.07) is 15.7. The summed E-state index contributed by atoms with van der Waals surface area (Å²) >= 11 is 0. The van der Waals surface area contributed by atoms with Gasteiger partial charge < -0.3 is 15.2 Å². The van der Waals surface area contributed by atoms with Crippen LogP contribution in [-0.4, -0.2) is 61.4 Å². The summed E-state index contributed by atoms with van der Waals surface area (Å²) in [7, 11) is -3.82. The molecule has 0 heterocycles. The number of amides is 1. The number of hydrogen-bond donors (Lipinski definition) is 2. The third-order valence-electron chi connectivity index (χ3n) is 6.35. The van der Waals surface area contributed by atoms with E-state index in [0.29, 0.717) is 12.8 Å². The average Bonchev–Trinajstić information content (AvgIpc) is 3.42. The largest absolute Gasteiger partial charge is 0.480 e. The van der Waals surface area contributed by atoms with Crippen LogP contribution >= 0.6 is 0 Å². The summed E-state index contributed by atoms with van der Waals surface area (Å²) in [5, 5.41) is 11.6.